The summed E-state index contributed by atoms with van der Waals surface area (Å²) in [6.45, 7) is 5.10. The van der Waals surface area contributed by atoms with Crippen LogP contribution in [0.4, 0.5) is 0 Å². The summed E-state index contributed by atoms with van der Waals surface area (Å²) in [5.74, 6) is 0. The van der Waals surface area contributed by atoms with Gasteiger partial charge in [0.05, 0.1) is 0 Å². The standard InChI is InChI=1S/C17H15P2.C15H11.2ClH.Zr/c1-18-13-10-12-6-5-8-14(16(12)11-13)15-7-3-4-9-17(15)19(18)2;1-2-6-12(7-3-1)14-10-4-8-13-9-5-11-15(13)14;;;/h3-11H,1-2H3;1-11H;2*1H;/q;;;;+2/p-2. The second-order valence-electron chi connectivity index (χ2n) is 9.55. The van der Waals surface area contributed by atoms with Crippen molar-refractivity contribution in [2.24, 2.45) is 13.3 Å². The summed E-state index contributed by atoms with van der Waals surface area (Å²) >= 11 is -0.840. The Labute approximate surface area is 244 Å². The van der Waals surface area contributed by atoms with Crippen molar-refractivity contribution >= 4 is 41.8 Å². The molecule has 5 heteroatoms. The first kappa shape index (κ1) is 27.0. The normalized spacial score (nSPS) is 17.2. The van der Waals surface area contributed by atoms with Gasteiger partial charge in [-0.3, -0.25) is 0 Å². The smallest absolute Gasteiger partial charge is 1.00 e. The molecule has 0 aliphatic heterocycles. The maximum Gasteiger partial charge on any atom is -1.00 e. The van der Waals surface area contributed by atoms with Crippen LogP contribution in [0.15, 0.2) is 103 Å². The maximum atomic E-state index is 2.64. The van der Waals surface area contributed by atoms with Crippen molar-refractivity contribution < 1.29 is 48.0 Å². The Morgan fingerprint density at radius 2 is 1.35 bits per heavy atom. The fourth-order valence-corrected chi connectivity index (χ4v) is 18.1. The third kappa shape index (κ3) is 4.43. The van der Waals surface area contributed by atoms with E-state index in [0.717, 1.165) is 0 Å². The summed E-state index contributed by atoms with van der Waals surface area (Å²) in [5, 5.41) is 7.86. The molecule has 2 aliphatic rings. The Kier molecular flexibility index (Phi) is 7.95. The molecule has 0 spiro atoms. The Morgan fingerprint density at radius 3 is 2.19 bits per heavy atom. The van der Waals surface area contributed by atoms with Crippen molar-refractivity contribution in [2.45, 2.75) is 7.25 Å². The molecule has 2 bridgehead atoms. The second kappa shape index (κ2) is 10.9. The number of hydrogen-bond acceptors (Lipinski definition) is 0. The average molecular weight is 635 g/mol. The van der Waals surface area contributed by atoms with Crippen molar-refractivity contribution in [1.29, 1.82) is 0 Å². The molecule has 4 atom stereocenters. The first-order chi connectivity index (χ1) is 17.2. The van der Waals surface area contributed by atoms with Gasteiger partial charge in [-0.2, -0.15) is 0 Å². The first-order valence-electron chi connectivity index (χ1n) is 12.2. The summed E-state index contributed by atoms with van der Waals surface area (Å²) in [6, 6.07) is 36.9. The fraction of sp³-hybridized carbons (Fsp3) is 0.125. The van der Waals surface area contributed by atoms with E-state index in [1.807, 2.05) is 0 Å². The summed E-state index contributed by atoms with van der Waals surface area (Å²) in [4.78, 5) is 0. The van der Waals surface area contributed by atoms with Crippen LogP contribution in [-0.2, 0) is 36.6 Å². The topological polar surface area (TPSA) is 0 Å². The van der Waals surface area contributed by atoms with Crippen LogP contribution in [0, 0.1) is 0 Å². The van der Waals surface area contributed by atoms with Crippen molar-refractivity contribution in [3.05, 3.63) is 125 Å². The quantitative estimate of drug-likeness (QED) is 0.281. The molecule has 0 N–H and O–H groups in total. The molecule has 7 rings (SSSR count). The third-order valence-corrected chi connectivity index (χ3v) is 20.0. The van der Waals surface area contributed by atoms with Crippen LogP contribution in [0.25, 0.3) is 38.5 Å². The fourth-order valence-electron chi connectivity index (χ4n) is 5.93. The number of aryl methyl sites for hydroxylation is 1. The number of rotatable bonds is 3. The number of fused-ring (bicyclic) bond motifs is 4. The molecule has 4 aromatic carbocycles. The molecule has 0 amide bonds. The van der Waals surface area contributed by atoms with E-state index in [1.54, 1.807) is 21.5 Å². The molecule has 0 fully saturated rings. The van der Waals surface area contributed by atoms with Crippen LogP contribution in [0.3, 0.4) is 0 Å². The molecule has 4 unspecified atom stereocenters. The molecular weight excluding hydrogens is 608 g/mol. The Balaban J connectivity index is 0.00000140. The molecule has 37 heavy (non-hydrogen) atoms. The van der Waals surface area contributed by atoms with Gasteiger partial charge >= 0.3 is 222 Å². The summed E-state index contributed by atoms with van der Waals surface area (Å²) in [5.41, 5.74) is 7.36. The third-order valence-electron chi connectivity index (χ3n) is 7.77. The minimum atomic E-state index is -0.840. The van der Waals surface area contributed by atoms with Gasteiger partial charge in [-0.05, 0) is 0 Å². The Hall–Kier alpha value is -1.58. The second-order valence-corrected chi connectivity index (χ2v) is 20.0. The zero-order chi connectivity index (χ0) is 23.5. The number of allylic oxidation sites excluding steroid dienone is 1. The minimum absolute atomic E-state index is 0. The molecule has 2 aliphatic carbocycles. The van der Waals surface area contributed by atoms with Crippen LogP contribution in [0.2, 0.25) is 0 Å². The average Bonchev–Trinajstić information content (AvgIpc) is 3.50. The van der Waals surface area contributed by atoms with Gasteiger partial charge in [-0.15, -0.1) is 0 Å². The van der Waals surface area contributed by atoms with E-state index in [2.05, 4.69) is 123 Å². The molecule has 0 nitrogen and oxygen atoms in total. The minimum Gasteiger partial charge on any atom is -1.00 e. The van der Waals surface area contributed by atoms with E-state index in [0.29, 0.717) is 7.25 Å². The number of benzene rings is 4. The molecule has 5 aromatic rings. The monoisotopic (exact) mass is 632 g/mol. The van der Waals surface area contributed by atoms with Gasteiger partial charge in [0.15, 0.2) is 0 Å². The molecule has 0 saturated heterocycles. The Morgan fingerprint density at radius 1 is 0.649 bits per heavy atom. The van der Waals surface area contributed by atoms with Crippen LogP contribution >= 0.6 is 14.4 Å². The van der Waals surface area contributed by atoms with Crippen molar-refractivity contribution in [2.75, 3.05) is 0 Å². The summed E-state index contributed by atoms with van der Waals surface area (Å²) < 4.78 is 1.32. The predicted molar refractivity (Wildman–Crippen MR) is 152 cm³/mol. The van der Waals surface area contributed by atoms with Gasteiger partial charge in [0.25, 0.3) is 0 Å². The van der Waals surface area contributed by atoms with Gasteiger partial charge in [-0.25, -0.2) is 0 Å². The molecule has 1 aromatic heterocycles. The van der Waals surface area contributed by atoms with Gasteiger partial charge in [0, 0.05) is 0 Å². The molecule has 1 heterocycles. The van der Waals surface area contributed by atoms with E-state index in [1.165, 1.54) is 32.8 Å². The number of halogens is 2. The molecule has 182 valence electrons. The Bertz CT molecular complexity index is 1710. The number of hydrogen-bond donors (Lipinski definition) is 0. The maximum absolute atomic E-state index is 2.64. The van der Waals surface area contributed by atoms with Crippen LogP contribution in [0.1, 0.15) is 29.2 Å². The van der Waals surface area contributed by atoms with Crippen LogP contribution in [0.5, 0.6) is 0 Å². The summed E-state index contributed by atoms with van der Waals surface area (Å²) in [7, 11) is -0.333. The van der Waals surface area contributed by atoms with Gasteiger partial charge in [0.1, 0.15) is 0 Å². The van der Waals surface area contributed by atoms with E-state index < -0.39 is 23.2 Å². The van der Waals surface area contributed by atoms with Gasteiger partial charge in [-0.1, -0.05) is 0 Å². The SMILES string of the molecule is Cp1c2cc3c(cccc3c3ccccc3p1C)[CH]2[Zr+2][CH]1C=Cc2c(-c3ccccc3)cccc21.[Cl-].[Cl-]. The predicted octanol–water partition coefficient (Wildman–Crippen LogP) is 4.09. The van der Waals surface area contributed by atoms with Crippen molar-refractivity contribution in [3.63, 3.8) is 0 Å². The molecule has 0 saturated carbocycles. The van der Waals surface area contributed by atoms with Crippen molar-refractivity contribution in [1.82, 2.24) is 0 Å². The van der Waals surface area contributed by atoms with E-state index >= 15 is 0 Å². The zero-order valence-electron chi connectivity index (χ0n) is 20.7. The largest absolute Gasteiger partial charge is 1.00 e. The van der Waals surface area contributed by atoms with E-state index in [9.17, 15) is 0 Å². The molecule has 0 radical (unpaired) electrons. The van der Waals surface area contributed by atoms with Crippen LogP contribution < -0.4 is 24.8 Å². The van der Waals surface area contributed by atoms with Crippen molar-refractivity contribution in [3.8, 4) is 11.1 Å². The summed E-state index contributed by atoms with van der Waals surface area (Å²) in [6.07, 6.45) is 4.97. The van der Waals surface area contributed by atoms with Crippen LogP contribution in [-0.4, -0.2) is 0 Å². The molecular formula is C32H26Cl2P2Zr. The van der Waals surface area contributed by atoms with Gasteiger partial charge in [0.2, 0.25) is 0 Å². The first-order valence-corrected chi connectivity index (χ1v) is 19.4. The van der Waals surface area contributed by atoms with E-state index in [4.69, 9.17) is 0 Å². The van der Waals surface area contributed by atoms with E-state index in [-0.39, 0.29) is 39.2 Å². The van der Waals surface area contributed by atoms with Gasteiger partial charge < -0.3 is 24.8 Å². The zero-order valence-corrected chi connectivity index (χ0v) is 26.5.